The normalized spacial score (nSPS) is 12.7. The van der Waals surface area contributed by atoms with Gasteiger partial charge in [-0.25, -0.2) is 0 Å². The second-order valence-electron chi connectivity index (χ2n) is 3.51. The highest BCUT2D eigenvalue weighted by molar-refractivity contribution is 5.54. The van der Waals surface area contributed by atoms with Gasteiger partial charge in [0.1, 0.15) is 5.69 Å². The minimum absolute atomic E-state index is 0.0731. The van der Waals surface area contributed by atoms with Crippen molar-refractivity contribution in [3.05, 3.63) is 36.2 Å². The first-order chi connectivity index (χ1) is 8.69. The van der Waals surface area contributed by atoms with E-state index in [-0.39, 0.29) is 5.69 Å². The van der Waals surface area contributed by atoms with E-state index in [1.165, 1.54) is 24.4 Å². The number of pyridine rings is 1. The molecule has 0 aliphatic carbocycles. The molecule has 0 aromatic carbocycles. The van der Waals surface area contributed by atoms with Crippen molar-refractivity contribution in [3.8, 4) is 11.4 Å². The van der Waals surface area contributed by atoms with Crippen LogP contribution in [0.2, 0.25) is 0 Å². The van der Waals surface area contributed by atoms with Gasteiger partial charge in [0, 0.05) is 6.20 Å². The van der Waals surface area contributed by atoms with Crippen LogP contribution < -0.4 is 0 Å². The van der Waals surface area contributed by atoms with Crippen LogP contribution in [0.25, 0.3) is 11.4 Å². The molecule has 2 heterocycles. The van der Waals surface area contributed by atoms with E-state index in [1.807, 2.05) is 0 Å². The molecule has 0 fully saturated rings. The SMILES string of the molecule is FC(F)(F)c1cc(-c2ccccn2)nn1C(F)(F)F. The predicted molar refractivity (Wildman–Crippen MR) is 51.8 cm³/mol. The zero-order valence-electron chi connectivity index (χ0n) is 9.00. The lowest BCUT2D eigenvalue weighted by Gasteiger charge is -2.12. The minimum Gasteiger partial charge on any atom is -0.255 e. The monoisotopic (exact) mass is 281 g/mol. The van der Waals surface area contributed by atoms with Crippen LogP contribution in [0.5, 0.6) is 0 Å². The van der Waals surface area contributed by atoms with Crippen LogP contribution in [-0.2, 0) is 12.5 Å². The summed E-state index contributed by atoms with van der Waals surface area (Å²) in [4.78, 5) is 3.66. The second-order valence-corrected chi connectivity index (χ2v) is 3.51. The molecular formula is C10H5F6N3. The standard InChI is InChI=1S/C10H5F6N3/c11-9(12,13)8-5-7(6-3-1-2-4-17-6)18-19(8)10(14,15)16/h1-5H. The maximum Gasteiger partial charge on any atom is 0.505 e. The first-order valence-corrected chi connectivity index (χ1v) is 4.85. The summed E-state index contributed by atoms with van der Waals surface area (Å²) < 4.78 is 74.0. The summed E-state index contributed by atoms with van der Waals surface area (Å²) in [7, 11) is 0. The number of hydrogen-bond donors (Lipinski definition) is 0. The van der Waals surface area contributed by atoms with E-state index in [1.54, 1.807) is 0 Å². The minimum atomic E-state index is -5.25. The molecule has 9 heteroatoms. The Bertz CT molecular complexity index is 538. The lowest BCUT2D eigenvalue weighted by Crippen LogP contribution is -2.25. The molecule has 0 bridgehead atoms. The summed E-state index contributed by atoms with van der Waals surface area (Å²) in [6.07, 6.45) is -9.16. The van der Waals surface area contributed by atoms with Crippen molar-refractivity contribution < 1.29 is 26.3 Å². The Kier molecular flexibility index (Phi) is 2.99. The zero-order valence-corrected chi connectivity index (χ0v) is 9.00. The van der Waals surface area contributed by atoms with Gasteiger partial charge in [-0.1, -0.05) is 6.07 Å². The van der Waals surface area contributed by atoms with E-state index in [0.717, 1.165) is 0 Å². The van der Waals surface area contributed by atoms with Crippen molar-refractivity contribution in [1.82, 2.24) is 14.8 Å². The maximum atomic E-state index is 12.5. The zero-order chi connectivity index (χ0) is 14.3. The molecule has 2 aromatic rings. The second kappa shape index (κ2) is 4.25. The molecule has 0 saturated heterocycles. The van der Waals surface area contributed by atoms with Crippen LogP contribution in [0, 0.1) is 0 Å². The lowest BCUT2D eigenvalue weighted by atomic mass is 10.2. The van der Waals surface area contributed by atoms with Gasteiger partial charge in [-0.2, -0.15) is 23.0 Å². The van der Waals surface area contributed by atoms with Crippen LogP contribution in [0.15, 0.2) is 30.5 Å². The summed E-state index contributed by atoms with van der Waals surface area (Å²) in [5, 5.41) is 2.93. The number of alkyl halides is 6. The average Bonchev–Trinajstić information content (AvgIpc) is 2.74. The van der Waals surface area contributed by atoms with Gasteiger partial charge in [-0.15, -0.1) is 13.2 Å². The first kappa shape index (κ1) is 13.4. The molecule has 0 saturated carbocycles. The van der Waals surface area contributed by atoms with Crippen LogP contribution in [0.4, 0.5) is 26.3 Å². The average molecular weight is 281 g/mol. The van der Waals surface area contributed by atoms with Gasteiger partial charge in [-0.3, -0.25) is 4.98 Å². The maximum absolute atomic E-state index is 12.5. The molecule has 0 amide bonds. The molecule has 0 unspecified atom stereocenters. The van der Waals surface area contributed by atoms with E-state index in [9.17, 15) is 26.3 Å². The first-order valence-electron chi connectivity index (χ1n) is 4.85. The molecule has 0 spiro atoms. The van der Waals surface area contributed by atoms with E-state index < -0.39 is 28.5 Å². The van der Waals surface area contributed by atoms with E-state index in [4.69, 9.17) is 0 Å². The number of halogens is 6. The van der Waals surface area contributed by atoms with E-state index in [2.05, 4.69) is 10.1 Å². The number of hydrogen-bond acceptors (Lipinski definition) is 2. The number of nitrogens with zero attached hydrogens (tertiary/aromatic N) is 3. The van der Waals surface area contributed by atoms with Crippen LogP contribution in [0.3, 0.4) is 0 Å². The molecule has 0 radical (unpaired) electrons. The van der Waals surface area contributed by atoms with Gasteiger partial charge < -0.3 is 0 Å². The van der Waals surface area contributed by atoms with E-state index in [0.29, 0.717) is 6.07 Å². The highest BCUT2D eigenvalue weighted by Gasteiger charge is 2.44. The molecular weight excluding hydrogens is 276 g/mol. The molecule has 19 heavy (non-hydrogen) atoms. The Morgan fingerprint density at radius 2 is 1.63 bits per heavy atom. The van der Waals surface area contributed by atoms with Gasteiger partial charge >= 0.3 is 12.5 Å². The summed E-state index contributed by atoms with van der Waals surface area (Å²) >= 11 is 0. The van der Waals surface area contributed by atoms with Gasteiger partial charge in [0.25, 0.3) is 0 Å². The van der Waals surface area contributed by atoms with Crippen molar-refractivity contribution in [2.45, 2.75) is 12.5 Å². The molecule has 0 aliphatic rings. The molecule has 3 nitrogen and oxygen atoms in total. The topological polar surface area (TPSA) is 30.7 Å². The largest absolute Gasteiger partial charge is 0.505 e. The van der Waals surface area contributed by atoms with Crippen molar-refractivity contribution in [2.75, 3.05) is 0 Å². The third kappa shape index (κ3) is 2.69. The van der Waals surface area contributed by atoms with Crippen molar-refractivity contribution in [1.29, 1.82) is 0 Å². The Balaban J connectivity index is 2.59. The smallest absolute Gasteiger partial charge is 0.255 e. The van der Waals surface area contributed by atoms with Crippen molar-refractivity contribution in [2.24, 2.45) is 0 Å². The van der Waals surface area contributed by atoms with Crippen LogP contribution in [0.1, 0.15) is 5.69 Å². The Morgan fingerprint density at radius 3 is 2.05 bits per heavy atom. The fraction of sp³-hybridized carbons (Fsp3) is 0.200. The van der Waals surface area contributed by atoms with Crippen molar-refractivity contribution >= 4 is 0 Å². The summed E-state index contributed by atoms with van der Waals surface area (Å²) in [5.74, 6) is 0. The third-order valence-corrected chi connectivity index (χ3v) is 2.17. The fourth-order valence-corrected chi connectivity index (χ4v) is 1.42. The van der Waals surface area contributed by atoms with Gasteiger partial charge in [0.2, 0.25) is 0 Å². The molecule has 102 valence electrons. The molecule has 2 rings (SSSR count). The number of aromatic nitrogens is 3. The highest BCUT2D eigenvalue weighted by Crippen LogP contribution is 2.36. The fourth-order valence-electron chi connectivity index (χ4n) is 1.42. The number of rotatable bonds is 1. The Labute approximate surface area is 102 Å². The van der Waals surface area contributed by atoms with Gasteiger partial charge in [0.15, 0.2) is 5.69 Å². The van der Waals surface area contributed by atoms with E-state index >= 15 is 0 Å². The molecule has 0 aliphatic heterocycles. The molecule has 2 aromatic heterocycles. The quantitative estimate of drug-likeness (QED) is 0.750. The summed E-state index contributed by atoms with van der Waals surface area (Å²) in [6.45, 7) is 0. The summed E-state index contributed by atoms with van der Waals surface area (Å²) in [5.41, 5.74) is -2.46. The molecule has 0 N–H and O–H groups in total. The van der Waals surface area contributed by atoms with Gasteiger partial charge in [-0.05, 0) is 18.2 Å². The Morgan fingerprint density at radius 1 is 0.947 bits per heavy atom. The Hall–Kier alpha value is -2.06. The third-order valence-electron chi connectivity index (χ3n) is 2.17. The highest BCUT2D eigenvalue weighted by atomic mass is 19.4. The van der Waals surface area contributed by atoms with Crippen molar-refractivity contribution in [3.63, 3.8) is 0 Å². The predicted octanol–water partition coefficient (Wildman–Crippen LogP) is 3.44. The summed E-state index contributed by atoms with van der Waals surface area (Å²) in [6, 6.07) is 4.50. The lowest BCUT2D eigenvalue weighted by molar-refractivity contribution is -0.229. The van der Waals surface area contributed by atoms with Crippen LogP contribution in [-0.4, -0.2) is 14.8 Å². The van der Waals surface area contributed by atoms with Crippen LogP contribution >= 0.6 is 0 Å². The van der Waals surface area contributed by atoms with Gasteiger partial charge in [0.05, 0.1) is 5.69 Å². The molecule has 0 atom stereocenters.